The van der Waals surface area contributed by atoms with E-state index in [4.69, 9.17) is 16.3 Å². The zero-order chi connectivity index (χ0) is 16.9. The summed E-state index contributed by atoms with van der Waals surface area (Å²) in [4.78, 5) is 13.7. The minimum atomic E-state index is 0.149. The van der Waals surface area contributed by atoms with Gasteiger partial charge in [0, 0.05) is 10.6 Å². The lowest BCUT2D eigenvalue weighted by molar-refractivity contribution is 0.415. The summed E-state index contributed by atoms with van der Waals surface area (Å²) in [6.07, 6.45) is 0. The number of rotatable bonds is 5. The van der Waals surface area contributed by atoms with Gasteiger partial charge in [0.25, 0.3) is 0 Å². The van der Waals surface area contributed by atoms with Crippen LogP contribution < -0.4 is 10.1 Å². The molecule has 3 rings (SSSR count). The molecule has 0 aliphatic rings. The molecule has 7 heteroatoms. The molecule has 1 N–H and O–H groups in total. The summed E-state index contributed by atoms with van der Waals surface area (Å²) < 4.78 is 5.14. The average Bonchev–Trinajstić information content (AvgIpc) is 2.57. The number of hydrogen-bond donors (Lipinski definition) is 1. The Bertz CT molecular complexity index is 825. The molecule has 0 aliphatic carbocycles. The van der Waals surface area contributed by atoms with Crippen molar-refractivity contribution in [2.24, 2.45) is 0 Å². The highest BCUT2D eigenvalue weighted by Gasteiger charge is 2.07. The molecule has 0 saturated carbocycles. The zero-order valence-corrected chi connectivity index (χ0v) is 14.7. The van der Waals surface area contributed by atoms with Gasteiger partial charge in [0.15, 0.2) is 5.16 Å². The summed E-state index contributed by atoms with van der Waals surface area (Å²) in [5.74, 6) is 1.18. The first-order valence-corrected chi connectivity index (χ1v) is 8.39. The van der Waals surface area contributed by atoms with E-state index in [2.05, 4.69) is 20.3 Å². The Balaban J connectivity index is 1.78. The molecule has 0 saturated heterocycles. The second-order valence-electron chi connectivity index (χ2n) is 4.98. The van der Waals surface area contributed by atoms with Crippen molar-refractivity contribution in [3.05, 3.63) is 59.4 Å². The molecule has 0 unspecified atom stereocenters. The highest BCUT2D eigenvalue weighted by atomic mass is 35.5. The quantitative estimate of drug-likeness (QED) is 0.711. The smallest absolute Gasteiger partial charge is 0.232 e. The van der Waals surface area contributed by atoms with Gasteiger partial charge in [0.2, 0.25) is 11.2 Å². The second kappa shape index (κ2) is 7.51. The van der Waals surface area contributed by atoms with Gasteiger partial charge >= 0.3 is 0 Å². The number of aryl methyl sites for hydroxylation is 1. The maximum atomic E-state index is 6.02. The Morgan fingerprint density at radius 2 is 1.67 bits per heavy atom. The summed E-state index contributed by atoms with van der Waals surface area (Å²) in [7, 11) is 1.63. The molecule has 1 heterocycles. The second-order valence-corrected chi connectivity index (χ2v) is 6.36. The number of nitrogens with zero attached hydrogens (tertiary/aromatic N) is 3. The van der Waals surface area contributed by atoms with Gasteiger partial charge in [-0.05, 0) is 66.7 Å². The van der Waals surface area contributed by atoms with E-state index in [9.17, 15) is 0 Å². The van der Waals surface area contributed by atoms with Crippen molar-refractivity contribution < 1.29 is 4.74 Å². The van der Waals surface area contributed by atoms with Crippen molar-refractivity contribution in [3.63, 3.8) is 0 Å². The van der Waals surface area contributed by atoms with Crippen molar-refractivity contribution in [3.8, 4) is 5.75 Å². The third-order valence-electron chi connectivity index (χ3n) is 3.16. The van der Waals surface area contributed by atoms with Gasteiger partial charge in [0.05, 0.1) is 7.11 Å². The highest BCUT2D eigenvalue weighted by Crippen LogP contribution is 2.27. The maximum Gasteiger partial charge on any atom is 0.232 e. The summed E-state index contributed by atoms with van der Waals surface area (Å²) in [5.41, 5.74) is 2.04. The molecule has 0 spiro atoms. The van der Waals surface area contributed by atoms with E-state index in [0.717, 1.165) is 16.3 Å². The number of methoxy groups -OCH3 is 1. The van der Waals surface area contributed by atoms with Crippen LogP contribution in [0.2, 0.25) is 5.28 Å². The largest absolute Gasteiger partial charge is 0.497 e. The lowest BCUT2D eigenvalue weighted by Crippen LogP contribution is -2.00. The SMILES string of the molecule is COc1ccc(Nc2nc(Cl)nc(Sc3ccc(C)cc3)n2)cc1. The summed E-state index contributed by atoms with van der Waals surface area (Å²) in [5, 5.41) is 3.80. The van der Waals surface area contributed by atoms with Crippen LogP contribution in [0.1, 0.15) is 5.56 Å². The van der Waals surface area contributed by atoms with Crippen LogP contribution in [0.15, 0.2) is 58.6 Å². The van der Waals surface area contributed by atoms with Crippen LogP contribution in [0.3, 0.4) is 0 Å². The van der Waals surface area contributed by atoms with Crippen molar-refractivity contribution in [1.82, 2.24) is 15.0 Å². The number of benzene rings is 2. The Morgan fingerprint density at radius 1 is 0.958 bits per heavy atom. The minimum Gasteiger partial charge on any atom is -0.497 e. The summed E-state index contributed by atoms with van der Waals surface area (Å²) in [6.45, 7) is 2.05. The first-order valence-electron chi connectivity index (χ1n) is 7.19. The topological polar surface area (TPSA) is 59.9 Å². The number of nitrogens with one attached hydrogen (secondary N) is 1. The Morgan fingerprint density at radius 3 is 2.33 bits per heavy atom. The Kier molecular flexibility index (Phi) is 5.17. The van der Waals surface area contributed by atoms with E-state index in [1.807, 2.05) is 55.5 Å². The molecule has 0 bridgehead atoms. The molecule has 5 nitrogen and oxygen atoms in total. The predicted molar refractivity (Wildman–Crippen MR) is 96.4 cm³/mol. The van der Waals surface area contributed by atoms with E-state index >= 15 is 0 Å². The van der Waals surface area contributed by atoms with E-state index in [0.29, 0.717) is 11.1 Å². The molecule has 122 valence electrons. The molecular formula is C17H15ClN4OS. The maximum absolute atomic E-state index is 6.02. The van der Waals surface area contributed by atoms with Gasteiger partial charge < -0.3 is 10.1 Å². The molecule has 0 aliphatic heterocycles. The van der Waals surface area contributed by atoms with Gasteiger partial charge in [-0.15, -0.1) is 0 Å². The fraction of sp³-hybridized carbons (Fsp3) is 0.118. The van der Waals surface area contributed by atoms with Crippen LogP contribution in [0.4, 0.5) is 11.6 Å². The average molecular weight is 359 g/mol. The third kappa shape index (κ3) is 4.37. The third-order valence-corrected chi connectivity index (χ3v) is 4.21. The van der Waals surface area contributed by atoms with Crippen LogP contribution in [0.25, 0.3) is 0 Å². The molecule has 0 atom stereocenters. The molecule has 0 radical (unpaired) electrons. The number of hydrogen-bond acceptors (Lipinski definition) is 6. The van der Waals surface area contributed by atoms with Gasteiger partial charge in [-0.25, -0.2) is 0 Å². The molecular weight excluding hydrogens is 344 g/mol. The van der Waals surface area contributed by atoms with Crippen molar-refractivity contribution >= 4 is 35.0 Å². The molecule has 0 amide bonds. The first-order chi connectivity index (χ1) is 11.6. The van der Waals surface area contributed by atoms with E-state index in [1.165, 1.54) is 17.3 Å². The molecule has 24 heavy (non-hydrogen) atoms. The van der Waals surface area contributed by atoms with Crippen molar-refractivity contribution in [2.75, 3.05) is 12.4 Å². The van der Waals surface area contributed by atoms with Crippen LogP contribution >= 0.6 is 23.4 Å². The van der Waals surface area contributed by atoms with Gasteiger partial charge in [-0.3, -0.25) is 0 Å². The van der Waals surface area contributed by atoms with Gasteiger partial charge in [-0.1, -0.05) is 17.7 Å². The van der Waals surface area contributed by atoms with E-state index < -0.39 is 0 Å². The Hall–Kier alpha value is -2.31. The molecule has 1 aromatic heterocycles. The van der Waals surface area contributed by atoms with Crippen LogP contribution in [-0.4, -0.2) is 22.1 Å². The lowest BCUT2D eigenvalue weighted by atomic mass is 10.2. The zero-order valence-electron chi connectivity index (χ0n) is 13.2. The normalized spacial score (nSPS) is 10.5. The fourth-order valence-electron chi connectivity index (χ4n) is 1.95. The number of ether oxygens (including phenoxy) is 1. The monoisotopic (exact) mass is 358 g/mol. The molecule has 2 aromatic carbocycles. The lowest BCUT2D eigenvalue weighted by Gasteiger charge is -2.07. The Labute approximate surface area is 149 Å². The fourth-order valence-corrected chi connectivity index (χ4v) is 2.91. The number of anilines is 2. The minimum absolute atomic E-state index is 0.149. The van der Waals surface area contributed by atoms with Crippen LogP contribution in [-0.2, 0) is 0 Å². The van der Waals surface area contributed by atoms with Crippen molar-refractivity contribution in [1.29, 1.82) is 0 Å². The van der Waals surface area contributed by atoms with Crippen LogP contribution in [0.5, 0.6) is 5.75 Å². The molecule has 3 aromatic rings. The number of halogens is 1. The van der Waals surface area contributed by atoms with Gasteiger partial charge in [-0.2, -0.15) is 15.0 Å². The summed E-state index contributed by atoms with van der Waals surface area (Å²) in [6, 6.07) is 15.6. The first kappa shape index (κ1) is 16.5. The molecule has 0 fully saturated rings. The van der Waals surface area contributed by atoms with E-state index in [-0.39, 0.29) is 5.28 Å². The van der Waals surface area contributed by atoms with Crippen molar-refractivity contribution in [2.45, 2.75) is 17.0 Å². The van der Waals surface area contributed by atoms with Gasteiger partial charge in [0.1, 0.15) is 5.75 Å². The standard InChI is InChI=1S/C17H15ClN4OS/c1-11-3-9-14(10-4-11)24-17-21-15(18)20-16(22-17)19-12-5-7-13(23-2)8-6-12/h3-10H,1-2H3,(H,19,20,21,22). The van der Waals surface area contributed by atoms with E-state index in [1.54, 1.807) is 7.11 Å². The highest BCUT2D eigenvalue weighted by molar-refractivity contribution is 7.99. The van der Waals surface area contributed by atoms with Crippen LogP contribution in [0, 0.1) is 6.92 Å². The number of aromatic nitrogens is 3. The predicted octanol–water partition coefficient (Wildman–Crippen LogP) is 4.74. The summed E-state index contributed by atoms with van der Waals surface area (Å²) >= 11 is 7.45.